The quantitative estimate of drug-likeness (QED) is 0.592. The van der Waals surface area contributed by atoms with E-state index in [-0.39, 0.29) is 11.8 Å². The molecule has 18 heavy (non-hydrogen) atoms. The molecule has 2 aliphatic heterocycles. The molecule has 0 aromatic heterocycles. The highest BCUT2D eigenvalue weighted by Gasteiger charge is 2.47. The van der Waals surface area contributed by atoms with Crippen molar-refractivity contribution in [2.75, 3.05) is 10.6 Å². The predicted octanol–water partition coefficient (Wildman–Crippen LogP) is 0.998. The summed E-state index contributed by atoms with van der Waals surface area (Å²) in [5.74, 6) is -0.525. The lowest BCUT2D eigenvalue weighted by molar-refractivity contribution is -0.146. The number of rotatable bonds is 1. The number of morpholine rings is 1. The van der Waals surface area contributed by atoms with Gasteiger partial charge in [-0.2, -0.15) is 0 Å². The number of benzene rings is 1. The largest absolute Gasteiger partial charge is 0.399 e. The maximum absolute atomic E-state index is 12.2. The Morgan fingerprint density at radius 3 is 2.39 bits per heavy atom. The minimum atomic E-state index is -0.468. The fraction of sp³-hybridized carbons (Fsp3) is 0.385. The summed E-state index contributed by atoms with van der Waals surface area (Å²) in [6.07, 6.45) is 0.314. The zero-order valence-corrected chi connectivity index (χ0v) is 10.1. The van der Waals surface area contributed by atoms with Crippen LogP contribution >= 0.6 is 0 Å². The highest BCUT2D eigenvalue weighted by atomic mass is 16.5. The molecule has 0 saturated carbocycles. The van der Waals surface area contributed by atoms with Crippen LogP contribution in [0.15, 0.2) is 18.2 Å². The smallest absolute Gasteiger partial charge is 0.262 e. The Morgan fingerprint density at radius 2 is 1.83 bits per heavy atom. The third-order valence-electron chi connectivity index (χ3n) is 3.47. The van der Waals surface area contributed by atoms with Gasteiger partial charge < -0.3 is 10.5 Å². The van der Waals surface area contributed by atoms with E-state index in [2.05, 4.69) is 0 Å². The van der Waals surface area contributed by atoms with E-state index in [0.29, 0.717) is 24.2 Å². The summed E-state index contributed by atoms with van der Waals surface area (Å²) in [5, 5.41) is 0. The Labute approximate surface area is 105 Å². The number of carbonyl (C=O) groups excluding carboxylic acids is 2. The highest BCUT2D eigenvalue weighted by molar-refractivity contribution is 6.20. The van der Waals surface area contributed by atoms with Gasteiger partial charge in [-0.05, 0) is 43.5 Å². The van der Waals surface area contributed by atoms with Crippen LogP contribution in [0.25, 0.3) is 0 Å². The van der Waals surface area contributed by atoms with Crippen molar-refractivity contribution in [2.24, 2.45) is 0 Å². The number of aryl methyl sites for hydroxylation is 1. The summed E-state index contributed by atoms with van der Waals surface area (Å²) in [6, 6.07) is 5.17. The van der Waals surface area contributed by atoms with Gasteiger partial charge in [-0.3, -0.25) is 9.59 Å². The second-order valence-corrected chi connectivity index (χ2v) is 4.75. The van der Waals surface area contributed by atoms with Gasteiger partial charge in [0.15, 0.2) is 0 Å². The van der Waals surface area contributed by atoms with Crippen molar-refractivity contribution in [1.29, 1.82) is 0 Å². The molecule has 1 aromatic carbocycles. The van der Waals surface area contributed by atoms with E-state index in [9.17, 15) is 9.59 Å². The Balaban J connectivity index is 2.05. The number of ether oxygens (including phenoxy) is 1. The second-order valence-electron chi connectivity index (χ2n) is 4.75. The van der Waals surface area contributed by atoms with Crippen LogP contribution in [0.3, 0.4) is 0 Å². The summed E-state index contributed by atoms with van der Waals surface area (Å²) in [4.78, 5) is 25.6. The molecule has 2 amide bonds. The molecule has 94 valence electrons. The minimum absolute atomic E-state index is 0.262. The van der Waals surface area contributed by atoms with Gasteiger partial charge >= 0.3 is 0 Å². The number of nitrogen functional groups attached to an aromatic ring is 1. The zero-order chi connectivity index (χ0) is 12.9. The first-order chi connectivity index (χ1) is 8.58. The Morgan fingerprint density at radius 1 is 1.22 bits per heavy atom. The molecule has 2 heterocycles. The lowest BCUT2D eigenvalue weighted by atomic mass is 10.1. The molecule has 2 aliphatic rings. The molecule has 5 nitrogen and oxygen atoms in total. The molecular formula is C13H14N2O3. The van der Waals surface area contributed by atoms with Crippen molar-refractivity contribution in [2.45, 2.75) is 32.0 Å². The first-order valence-corrected chi connectivity index (χ1v) is 5.97. The topological polar surface area (TPSA) is 72.6 Å². The summed E-state index contributed by atoms with van der Waals surface area (Å²) >= 11 is 0. The van der Waals surface area contributed by atoms with E-state index in [4.69, 9.17) is 10.5 Å². The van der Waals surface area contributed by atoms with E-state index in [0.717, 1.165) is 5.56 Å². The average molecular weight is 246 g/mol. The SMILES string of the molecule is Cc1cc(N)ccc1N1C(=O)C2CCC(O2)C1=O. The monoisotopic (exact) mass is 246 g/mol. The summed E-state index contributed by atoms with van der Waals surface area (Å²) in [5.41, 5.74) is 7.73. The number of hydrogen-bond acceptors (Lipinski definition) is 4. The number of fused-ring (bicyclic) bond motifs is 2. The number of nitrogens with zero attached hydrogens (tertiary/aromatic N) is 1. The van der Waals surface area contributed by atoms with Crippen LogP contribution < -0.4 is 10.6 Å². The molecule has 2 N–H and O–H groups in total. The predicted molar refractivity (Wildman–Crippen MR) is 66.0 cm³/mol. The van der Waals surface area contributed by atoms with Gasteiger partial charge in [0, 0.05) is 5.69 Å². The second kappa shape index (κ2) is 3.81. The zero-order valence-electron chi connectivity index (χ0n) is 10.1. The molecule has 2 bridgehead atoms. The molecule has 2 saturated heterocycles. The van der Waals surface area contributed by atoms with Crippen LogP contribution in [0.2, 0.25) is 0 Å². The lowest BCUT2D eigenvalue weighted by Crippen LogP contribution is -2.52. The van der Waals surface area contributed by atoms with Crippen molar-refractivity contribution >= 4 is 23.2 Å². The third-order valence-corrected chi connectivity index (χ3v) is 3.47. The van der Waals surface area contributed by atoms with Gasteiger partial charge in [0.25, 0.3) is 11.8 Å². The van der Waals surface area contributed by atoms with Crippen molar-refractivity contribution in [3.63, 3.8) is 0 Å². The number of hydrogen-bond donors (Lipinski definition) is 1. The standard InChI is InChI=1S/C13H14N2O3/c1-7-6-8(14)2-3-9(7)15-12(16)10-4-5-11(18-10)13(15)17/h2-3,6,10-11H,4-5,14H2,1H3. The van der Waals surface area contributed by atoms with Crippen molar-refractivity contribution in [1.82, 2.24) is 0 Å². The van der Waals surface area contributed by atoms with Gasteiger partial charge in [0.2, 0.25) is 0 Å². The van der Waals surface area contributed by atoms with Crippen molar-refractivity contribution in [3.05, 3.63) is 23.8 Å². The van der Waals surface area contributed by atoms with Crippen LogP contribution in [0, 0.1) is 6.92 Å². The number of anilines is 2. The molecule has 5 heteroatoms. The highest BCUT2D eigenvalue weighted by Crippen LogP contribution is 2.33. The molecule has 2 fully saturated rings. The molecule has 2 unspecified atom stereocenters. The molecule has 2 atom stereocenters. The van der Waals surface area contributed by atoms with Crippen LogP contribution in [-0.4, -0.2) is 24.0 Å². The maximum atomic E-state index is 12.2. The molecule has 0 radical (unpaired) electrons. The molecule has 0 aliphatic carbocycles. The Kier molecular flexibility index (Phi) is 2.38. The lowest BCUT2D eigenvalue weighted by Gasteiger charge is -2.30. The Bertz CT molecular complexity index is 519. The number of carbonyl (C=O) groups is 2. The summed E-state index contributed by atoms with van der Waals surface area (Å²) in [7, 11) is 0. The molecule has 0 spiro atoms. The van der Waals surface area contributed by atoms with E-state index >= 15 is 0 Å². The van der Waals surface area contributed by atoms with Crippen molar-refractivity contribution in [3.8, 4) is 0 Å². The van der Waals surface area contributed by atoms with E-state index in [1.165, 1.54) is 4.90 Å². The first kappa shape index (κ1) is 11.2. The van der Waals surface area contributed by atoms with Crippen LogP contribution in [0.1, 0.15) is 18.4 Å². The first-order valence-electron chi connectivity index (χ1n) is 5.97. The number of imide groups is 1. The molecule has 3 rings (SSSR count). The average Bonchev–Trinajstić information content (AvgIpc) is 2.76. The van der Waals surface area contributed by atoms with Crippen LogP contribution in [0.4, 0.5) is 11.4 Å². The van der Waals surface area contributed by atoms with Crippen LogP contribution in [0.5, 0.6) is 0 Å². The number of amides is 2. The number of nitrogens with two attached hydrogens (primary N) is 1. The van der Waals surface area contributed by atoms with Gasteiger partial charge in [0.05, 0.1) is 5.69 Å². The normalized spacial score (nSPS) is 26.8. The minimum Gasteiger partial charge on any atom is -0.399 e. The maximum Gasteiger partial charge on any atom is 0.262 e. The van der Waals surface area contributed by atoms with Gasteiger partial charge in [-0.25, -0.2) is 4.90 Å². The Hall–Kier alpha value is -1.88. The van der Waals surface area contributed by atoms with Gasteiger partial charge in [-0.1, -0.05) is 0 Å². The molecular weight excluding hydrogens is 232 g/mol. The fourth-order valence-corrected chi connectivity index (χ4v) is 2.56. The molecule has 1 aromatic rings. The van der Waals surface area contributed by atoms with E-state index in [1.807, 2.05) is 6.92 Å². The third kappa shape index (κ3) is 1.51. The van der Waals surface area contributed by atoms with Gasteiger partial charge in [-0.15, -0.1) is 0 Å². The fourth-order valence-electron chi connectivity index (χ4n) is 2.56. The van der Waals surface area contributed by atoms with Crippen LogP contribution in [-0.2, 0) is 14.3 Å². The van der Waals surface area contributed by atoms with Crippen molar-refractivity contribution < 1.29 is 14.3 Å². The summed E-state index contributed by atoms with van der Waals surface area (Å²) in [6.45, 7) is 1.84. The summed E-state index contributed by atoms with van der Waals surface area (Å²) < 4.78 is 5.37. The van der Waals surface area contributed by atoms with E-state index in [1.54, 1.807) is 18.2 Å². The van der Waals surface area contributed by atoms with E-state index < -0.39 is 12.2 Å². The van der Waals surface area contributed by atoms with Gasteiger partial charge in [0.1, 0.15) is 12.2 Å².